The Bertz CT molecular complexity index is 3260. The molecule has 6 heterocycles. The van der Waals surface area contributed by atoms with Crippen molar-refractivity contribution in [2.75, 3.05) is 40.3 Å². The van der Waals surface area contributed by atoms with E-state index >= 15 is 0 Å². The van der Waals surface area contributed by atoms with Crippen molar-refractivity contribution >= 4 is 85.6 Å². The molecule has 2 aromatic carbocycles. The Labute approximate surface area is 484 Å². The first-order chi connectivity index (χ1) is 38.2. The van der Waals surface area contributed by atoms with E-state index in [1.807, 2.05) is 31.2 Å². The number of halogens is 8. The lowest BCUT2D eigenvalue weighted by Gasteiger charge is -2.30. The van der Waals surface area contributed by atoms with Crippen molar-refractivity contribution in [1.29, 1.82) is 0 Å². The maximum atomic E-state index is 13.6. The molecule has 0 bridgehead atoms. The van der Waals surface area contributed by atoms with E-state index in [0.29, 0.717) is 69.4 Å². The minimum absolute atomic E-state index is 0.00566. The fourth-order valence-electron chi connectivity index (χ4n) is 9.11. The summed E-state index contributed by atoms with van der Waals surface area (Å²) in [7, 11) is 3.50. The summed E-state index contributed by atoms with van der Waals surface area (Å²) in [5.74, 6) is 0.507. The number of aromatic nitrogens is 4. The number of carbonyl (C=O) groups is 3. The van der Waals surface area contributed by atoms with Crippen LogP contribution in [-0.4, -0.2) is 123 Å². The Morgan fingerprint density at radius 1 is 0.716 bits per heavy atom. The van der Waals surface area contributed by atoms with Crippen LogP contribution in [-0.2, 0) is 26.7 Å². The number of likely N-dealkylation sites (tertiary alicyclic amines) is 1. The monoisotopic (exact) mass is 1200 g/mol. The van der Waals surface area contributed by atoms with E-state index < -0.39 is 47.6 Å². The zero-order chi connectivity index (χ0) is 59.1. The Morgan fingerprint density at radius 3 is 1.63 bits per heavy atom. The Hall–Kier alpha value is -6.07. The number of nitrogens with one attached hydrogen (secondary N) is 1. The number of allylic oxidation sites excluding steroid dienone is 2. The average Bonchev–Trinajstić information content (AvgIpc) is 4.28. The molecule has 81 heavy (non-hydrogen) atoms. The highest BCUT2D eigenvalue weighted by Gasteiger charge is 2.44. The summed E-state index contributed by atoms with van der Waals surface area (Å²) < 4.78 is 97.7. The van der Waals surface area contributed by atoms with Gasteiger partial charge < -0.3 is 29.3 Å². The first-order valence-corrected chi connectivity index (χ1v) is 28.7. The maximum absolute atomic E-state index is 13.6. The summed E-state index contributed by atoms with van der Waals surface area (Å²) in [6.07, 6.45) is -1.07. The summed E-state index contributed by atoms with van der Waals surface area (Å²) in [5.41, 5.74) is -0.0881. The van der Waals surface area contributed by atoms with Gasteiger partial charge in [0.05, 0.1) is 33.7 Å². The van der Waals surface area contributed by atoms with Gasteiger partial charge in [-0.1, -0.05) is 47.5 Å². The van der Waals surface area contributed by atoms with Crippen LogP contribution in [0.4, 0.5) is 31.1 Å². The third-order valence-electron chi connectivity index (χ3n) is 13.4. The fraction of sp³-hybridized carbons (Fsp3) is 0.456. The van der Waals surface area contributed by atoms with Crippen molar-refractivity contribution in [1.82, 2.24) is 40.0 Å². The second-order valence-corrected chi connectivity index (χ2v) is 23.4. The Kier molecular flexibility index (Phi) is 20.4. The highest BCUT2D eigenvalue weighted by Crippen LogP contribution is 2.41. The van der Waals surface area contributed by atoms with Crippen molar-refractivity contribution < 1.29 is 54.9 Å². The Morgan fingerprint density at radius 2 is 1.19 bits per heavy atom. The summed E-state index contributed by atoms with van der Waals surface area (Å²) in [5, 5.41) is 7.20. The van der Waals surface area contributed by atoms with Crippen molar-refractivity contribution in [2.24, 2.45) is 0 Å². The van der Waals surface area contributed by atoms with Gasteiger partial charge in [0, 0.05) is 80.2 Å². The van der Waals surface area contributed by atoms with Gasteiger partial charge in [-0.15, -0.1) is 35.8 Å². The number of carbonyl (C=O) groups excluding carboxylic acids is 3. The molecule has 2 saturated heterocycles. The molecule has 4 atom stereocenters. The fourth-order valence-corrected chi connectivity index (χ4v) is 11.1. The lowest BCUT2D eigenvalue weighted by atomic mass is 10.1. The lowest BCUT2D eigenvalue weighted by Crippen LogP contribution is -2.48. The number of amides is 3. The molecule has 3 amide bonds. The van der Waals surface area contributed by atoms with E-state index in [1.54, 1.807) is 69.8 Å². The first-order valence-electron chi connectivity index (χ1n) is 26.2. The molecular formula is C57H64Cl2F6N8O6S2. The van der Waals surface area contributed by atoms with Crippen LogP contribution in [0.1, 0.15) is 94.7 Å². The van der Waals surface area contributed by atoms with Gasteiger partial charge in [0.2, 0.25) is 11.8 Å². The van der Waals surface area contributed by atoms with Crippen molar-refractivity contribution in [3.8, 4) is 32.9 Å². The number of hydrogen-bond acceptors (Lipinski definition) is 13. The van der Waals surface area contributed by atoms with Gasteiger partial charge in [0.15, 0.2) is 11.4 Å². The second kappa shape index (κ2) is 26.4. The zero-order valence-electron chi connectivity index (χ0n) is 45.9. The number of benzene rings is 2. The van der Waals surface area contributed by atoms with Crippen molar-refractivity contribution in [3.05, 3.63) is 105 Å². The number of likely N-dealkylation sites (N-methyl/N-ethyl adjacent to an activating group) is 2. The molecule has 14 nitrogen and oxygen atoms in total. The number of nitrogens with zero attached hydrogens (tertiary/aromatic N) is 7. The molecular weight excluding hydrogens is 1140 g/mol. The molecule has 1 N–H and O–H groups in total. The van der Waals surface area contributed by atoms with Crippen LogP contribution in [0.5, 0.6) is 11.5 Å². The standard InChI is InChI=1S/C31H36ClF3N4O4S.C26H28ClF3N4O2S/c1-7-8-9-10-13-38(6)28(40)22-14-19(16-39(22)29(41)43-30(3,4)5)42-23-15-21(27-37-24(17-44-27)31(33,34)35)36-26-20(23)12-11-18(2)25(26)32;1-4-5-6-7-10-34(3)25(35)19-11-16(13-31-19)36-20-12-18(24-33-21(14-37-24)26(28,29)30)32-23-17(20)9-8-15(2)22(23)27/h7,11-12,15,17,19,22H,1,8-10,13-14,16H2,2-6H3;4,8-9,12,14,16,19,31H,1,5-7,10-11,13H2,2-3H3/t19?,22-;16?,19-/m10/s1. The lowest BCUT2D eigenvalue weighted by molar-refractivity contribution is -0.141. The van der Waals surface area contributed by atoms with Gasteiger partial charge in [-0.2, -0.15) is 26.3 Å². The smallest absolute Gasteiger partial charge is 0.434 e. The number of thiazole rings is 2. The Balaban J connectivity index is 0.000000237. The van der Waals surface area contributed by atoms with Crippen molar-refractivity contribution in [2.45, 2.75) is 128 Å². The van der Waals surface area contributed by atoms with E-state index in [4.69, 9.17) is 37.4 Å². The molecule has 2 fully saturated rings. The van der Waals surface area contributed by atoms with Gasteiger partial charge >= 0.3 is 18.4 Å². The maximum Gasteiger partial charge on any atom is 0.434 e. The molecule has 436 valence electrons. The van der Waals surface area contributed by atoms with Crippen LogP contribution in [0, 0.1) is 13.8 Å². The number of aryl methyl sites for hydroxylation is 2. The predicted octanol–water partition coefficient (Wildman–Crippen LogP) is 14.2. The van der Waals surface area contributed by atoms with Gasteiger partial charge in [0.1, 0.15) is 56.8 Å². The summed E-state index contributed by atoms with van der Waals surface area (Å²) in [6, 6.07) is 9.13. The number of unbranched alkanes of at least 4 members (excludes halogenated alkanes) is 4. The zero-order valence-corrected chi connectivity index (χ0v) is 49.0. The number of pyridine rings is 2. The number of ether oxygens (including phenoxy) is 3. The molecule has 0 aliphatic carbocycles. The van der Waals surface area contributed by atoms with Gasteiger partial charge in [0.25, 0.3) is 0 Å². The van der Waals surface area contributed by atoms with Gasteiger partial charge in [-0.3, -0.25) is 14.5 Å². The van der Waals surface area contributed by atoms with Crippen LogP contribution < -0.4 is 14.8 Å². The number of alkyl halides is 6. The molecule has 4 aromatic heterocycles. The minimum atomic E-state index is -4.60. The largest absolute Gasteiger partial charge is 0.488 e. The molecule has 0 saturated carbocycles. The number of rotatable bonds is 18. The first kappa shape index (κ1) is 62.5. The molecule has 0 radical (unpaired) electrons. The second-order valence-electron chi connectivity index (χ2n) is 20.9. The van der Waals surface area contributed by atoms with Crippen LogP contribution in [0.15, 0.2) is 72.5 Å². The van der Waals surface area contributed by atoms with E-state index in [1.165, 1.54) is 11.0 Å². The third-order valence-corrected chi connectivity index (χ3v) is 16.1. The van der Waals surface area contributed by atoms with Gasteiger partial charge in [-0.25, -0.2) is 24.7 Å². The van der Waals surface area contributed by atoms with Crippen LogP contribution in [0.3, 0.4) is 0 Å². The molecule has 2 unspecified atom stereocenters. The van der Waals surface area contributed by atoms with E-state index in [9.17, 15) is 40.7 Å². The molecule has 2 aliphatic heterocycles. The summed E-state index contributed by atoms with van der Waals surface area (Å²) in [6.45, 7) is 18.0. The summed E-state index contributed by atoms with van der Waals surface area (Å²) >= 11 is 14.8. The molecule has 2 aliphatic rings. The quantitative estimate of drug-likeness (QED) is 0.0497. The minimum Gasteiger partial charge on any atom is -0.488 e. The predicted molar refractivity (Wildman–Crippen MR) is 305 cm³/mol. The number of hydrogen-bond donors (Lipinski definition) is 1. The molecule has 0 spiro atoms. The molecule has 6 aromatic rings. The third kappa shape index (κ3) is 15.7. The summed E-state index contributed by atoms with van der Waals surface area (Å²) in [4.78, 5) is 61.0. The topological polar surface area (TPSA) is 152 Å². The van der Waals surface area contributed by atoms with Crippen molar-refractivity contribution in [3.63, 3.8) is 0 Å². The van der Waals surface area contributed by atoms with E-state index in [-0.39, 0.29) is 58.3 Å². The van der Waals surface area contributed by atoms with E-state index in [0.717, 1.165) is 83.1 Å². The molecule has 8 rings (SSSR count). The average molecular weight is 1210 g/mol. The SMILES string of the molecule is C=CCCCCN(C)C(=O)[C@@H]1CC(Oc2cc(-c3nc(C(F)(F)F)cs3)nc3c(Cl)c(C)ccc23)CN1.C=CCCCCN(C)C(=O)[C@H]1CC(Oc2cc(-c3nc(C(F)(F)F)cs3)nc3c(Cl)c(C)ccc23)CN1C(=O)OC(C)(C)C. The normalized spacial score (nSPS) is 17.4. The van der Waals surface area contributed by atoms with Gasteiger partial charge in [-0.05, 0) is 96.4 Å². The van der Waals surface area contributed by atoms with Crippen LogP contribution >= 0.6 is 45.9 Å². The highest BCUT2D eigenvalue weighted by atomic mass is 35.5. The van der Waals surface area contributed by atoms with Crippen LogP contribution in [0.2, 0.25) is 10.0 Å². The highest BCUT2D eigenvalue weighted by molar-refractivity contribution is 7.13. The van der Waals surface area contributed by atoms with Crippen LogP contribution in [0.25, 0.3) is 43.2 Å². The molecule has 24 heteroatoms. The van der Waals surface area contributed by atoms with E-state index in [2.05, 4.69) is 38.4 Å². The number of fused-ring (bicyclic) bond motifs is 2.